The Labute approximate surface area is 205 Å². The molecule has 8 nitrogen and oxygen atoms in total. The van der Waals surface area contributed by atoms with E-state index in [0.29, 0.717) is 23.9 Å². The normalized spacial score (nSPS) is 14.1. The van der Waals surface area contributed by atoms with Gasteiger partial charge in [0.2, 0.25) is 5.95 Å². The lowest BCUT2D eigenvalue weighted by Gasteiger charge is -2.26. The molecule has 0 aliphatic carbocycles. The number of fused-ring (bicyclic) bond motifs is 1. The first-order chi connectivity index (χ1) is 17.1. The number of anilines is 4. The van der Waals surface area contributed by atoms with Gasteiger partial charge in [-0.15, -0.1) is 0 Å². The summed E-state index contributed by atoms with van der Waals surface area (Å²) in [6.45, 7) is 5.85. The second-order valence-corrected chi connectivity index (χ2v) is 9.01. The highest BCUT2D eigenvalue weighted by molar-refractivity contribution is 5.95. The molecule has 0 radical (unpaired) electrons. The van der Waals surface area contributed by atoms with Crippen molar-refractivity contribution in [2.24, 2.45) is 0 Å². The number of aromatic amines is 1. The molecule has 1 aliphatic heterocycles. The Morgan fingerprint density at radius 2 is 1.86 bits per heavy atom. The summed E-state index contributed by atoms with van der Waals surface area (Å²) < 4.78 is 0. The molecule has 8 heteroatoms. The molecule has 1 saturated heterocycles. The molecule has 0 saturated carbocycles. The van der Waals surface area contributed by atoms with Crippen LogP contribution in [0.5, 0.6) is 0 Å². The molecular weight excluding hydrogens is 438 g/mol. The number of likely N-dealkylation sites (tertiary alicyclic amines) is 1. The van der Waals surface area contributed by atoms with E-state index < -0.39 is 0 Å². The predicted molar refractivity (Wildman–Crippen MR) is 141 cm³/mol. The molecule has 3 heterocycles. The third-order valence-electron chi connectivity index (χ3n) is 6.23. The Kier molecular flexibility index (Phi) is 6.90. The Balaban J connectivity index is 1.20. The summed E-state index contributed by atoms with van der Waals surface area (Å²) in [5, 5.41) is 10.7. The second kappa shape index (κ2) is 10.6. The van der Waals surface area contributed by atoms with Gasteiger partial charge in [-0.25, -0.2) is 4.98 Å². The second-order valence-electron chi connectivity index (χ2n) is 9.01. The zero-order chi connectivity index (χ0) is 24.0. The van der Waals surface area contributed by atoms with E-state index in [1.165, 1.54) is 19.3 Å². The fraction of sp³-hybridized carbons (Fsp3) is 0.296. The maximum Gasteiger partial charge on any atom is 0.251 e. The minimum absolute atomic E-state index is 0.0719. The smallest absolute Gasteiger partial charge is 0.251 e. The van der Waals surface area contributed by atoms with Crippen LogP contribution in [0.2, 0.25) is 0 Å². The van der Waals surface area contributed by atoms with Crippen LogP contribution < -0.4 is 16.0 Å². The molecule has 2 aromatic carbocycles. The number of rotatable bonds is 8. The number of carbonyl (C=O) groups excluding carboxylic acids is 1. The summed E-state index contributed by atoms with van der Waals surface area (Å²) in [5.74, 6) is 1.06. The van der Waals surface area contributed by atoms with Gasteiger partial charge < -0.3 is 25.8 Å². The Hall–Kier alpha value is -3.91. The number of nitrogens with zero attached hydrogens (tertiary/aromatic N) is 3. The molecule has 1 aliphatic rings. The van der Waals surface area contributed by atoms with Gasteiger partial charge in [-0.2, -0.15) is 4.98 Å². The number of carbonyl (C=O) groups is 1. The summed E-state index contributed by atoms with van der Waals surface area (Å²) in [5.41, 5.74) is 4.55. The lowest BCUT2D eigenvalue weighted by molar-refractivity contribution is 0.0946. The minimum atomic E-state index is -0.0719. The van der Waals surface area contributed by atoms with Crippen molar-refractivity contribution in [3.05, 3.63) is 72.1 Å². The number of nitrogens with one attached hydrogen (secondary N) is 4. The number of amides is 1. The quantitative estimate of drug-likeness (QED) is 0.291. The van der Waals surface area contributed by atoms with Crippen LogP contribution in [-0.4, -0.2) is 51.9 Å². The van der Waals surface area contributed by atoms with Crippen molar-refractivity contribution in [3.63, 3.8) is 0 Å². The van der Waals surface area contributed by atoms with E-state index in [0.717, 1.165) is 47.6 Å². The number of benzene rings is 2. The van der Waals surface area contributed by atoms with Crippen molar-refractivity contribution in [1.29, 1.82) is 0 Å². The van der Waals surface area contributed by atoms with E-state index in [1.807, 2.05) is 49.4 Å². The summed E-state index contributed by atoms with van der Waals surface area (Å²) in [7, 11) is 0. The number of aryl methyl sites for hydroxylation is 1. The molecule has 1 fully saturated rings. The zero-order valence-corrected chi connectivity index (χ0v) is 20.0. The van der Waals surface area contributed by atoms with Crippen LogP contribution in [0, 0.1) is 6.92 Å². The van der Waals surface area contributed by atoms with Gasteiger partial charge in [-0.05, 0) is 81.4 Å². The van der Waals surface area contributed by atoms with Gasteiger partial charge in [-0.3, -0.25) is 4.79 Å². The molecule has 180 valence electrons. The molecule has 35 heavy (non-hydrogen) atoms. The van der Waals surface area contributed by atoms with Gasteiger partial charge in [0, 0.05) is 52.8 Å². The average molecular weight is 470 g/mol. The standard InChI is InChI=1S/C27H31N7O/c1-19-16-21-18-23(8-9-24(21)30-19)31-25-10-11-29-27(33-25)32-22-7-5-6-20(17-22)26(35)28-12-15-34-13-3-2-4-14-34/h5-11,16-18,30H,2-4,12-15H2,1H3,(H,28,35)(H2,29,31,32,33). The van der Waals surface area contributed by atoms with Crippen molar-refractivity contribution in [3.8, 4) is 0 Å². The molecule has 4 aromatic rings. The largest absolute Gasteiger partial charge is 0.359 e. The zero-order valence-electron chi connectivity index (χ0n) is 20.0. The molecule has 0 spiro atoms. The number of hydrogen-bond acceptors (Lipinski definition) is 6. The van der Waals surface area contributed by atoms with Gasteiger partial charge in [0.1, 0.15) is 5.82 Å². The van der Waals surface area contributed by atoms with Gasteiger partial charge >= 0.3 is 0 Å². The van der Waals surface area contributed by atoms with Gasteiger partial charge in [0.25, 0.3) is 5.91 Å². The van der Waals surface area contributed by atoms with Crippen molar-refractivity contribution in [1.82, 2.24) is 25.2 Å². The summed E-state index contributed by atoms with van der Waals surface area (Å²) in [6, 6.07) is 17.5. The highest BCUT2D eigenvalue weighted by Gasteiger charge is 2.11. The Bertz CT molecular complexity index is 1310. The van der Waals surface area contributed by atoms with Crippen LogP contribution in [-0.2, 0) is 0 Å². The van der Waals surface area contributed by atoms with Crippen molar-refractivity contribution in [2.45, 2.75) is 26.2 Å². The van der Waals surface area contributed by atoms with E-state index >= 15 is 0 Å². The number of piperidine rings is 1. The Morgan fingerprint density at radius 3 is 2.74 bits per heavy atom. The van der Waals surface area contributed by atoms with Gasteiger partial charge in [-0.1, -0.05) is 12.5 Å². The van der Waals surface area contributed by atoms with Gasteiger partial charge in [0.15, 0.2) is 0 Å². The molecule has 5 rings (SSSR count). The van der Waals surface area contributed by atoms with E-state index in [4.69, 9.17) is 0 Å². The molecule has 0 bridgehead atoms. The first-order valence-electron chi connectivity index (χ1n) is 12.2. The van der Waals surface area contributed by atoms with Crippen LogP contribution in [0.4, 0.5) is 23.1 Å². The van der Waals surface area contributed by atoms with E-state index in [2.05, 4.69) is 47.9 Å². The van der Waals surface area contributed by atoms with Crippen LogP contribution >= 0.6 is 0 Å². The highest BCUT2D eigenvalue weighted by Crippen LogP contribution is 2.23. The summed E-state index contributed by atoms with van der Waals surface area (Å²) in [4.78, 5) is 27.3. The molecular formula is C27H31N7O. The molecule has 4 N–H and O–H groups in total. The predicted octanol–water partition coefficient (Wildman–Crippen LogP) is 4.97. The maximum absolute atomic E-state index is 12.6. The van der Waals surface area contributed by atoms with E-state index in [-0.39, 0.29) is 5.91 Å². The lowest BCUT2D eigenvalue weighted by atomic mass is 10.1. The first kappa shape index (κ1) is 22.9. The molecule has 0 unspecified atom stereocenters. The van der Waals surface area contributed by atoms with Crippen molar-refractivity contribution < 1.29 is 4.79 Å². The van der Waals surface area contributed by atoms with Crippen molar-refractivity contribution in [2.75, 3.05) is 36.8 Å². The summed E-state index contributed by atoms with van der Waals surface area (Å²) >= 11 is 0. The number of hydrogen-bond donors (Lipinski definition) is 4. The van der Waals surface area contributed by atoms with Crippen LogP contribution in [0.3, 0.4) is 0 Å². The monoisotopic (exact) mass is 469 g/mol. The average Bonchev–Trinajstić information content (AvgIpc) is 3.24. The molecule has 0 atom stereocenters. The SMILES string of the molecule is Cc1cc2cc(Nc3ccnc(Nc4cccc(C(=O)NCCN5CCCCC5)c4)n3)ccc2[nH]1. The third kappa shape index (κ3) is 5.96. The first-order valence-corrected chi connectivity index (χ1v) is 12.2. The lowest BCUT2D eigenvalue weighted by Crippen LogP contribution is -2.37. The number of aromatic nitrogens is 3. The maximum atomic E-state index is 12.6. The van der Waals surface area contributed by atoms with Crippen LogP contribution in [0.15, 0.2) is 60.8 Å². The third-order valence-corrected chi connectivity index (χ3v) is 6.23. The van der Waals surface area contributed by atoms with E-state index in [9.17, 15) is 4.79 Å². The number of H-pyrrole nitrogens is 1. The van der Waals surface area contributed by atoms with Crippen LogP contribution in [0.25, 0.3) is 10.9 Å². The fourth-order valence-electron chi connectivity index (χ4n) is 4.47. The molecule has 2 aromatic heterocycles. The topological polar surface area (TPSA) is 98.0 Å². The summed E-state index contributed by atoms with van der Waals surface area (Å²) in [6.07, 6.45) is 5.52. The Morgan fingerprint density at radius 1 is 1.00 bits per heavy atom. The van der Waals surface area contributed by atoms with E-state index in [1.54, 1.807) is 6.20 Å². The van der Waals surface area contributed by atoms with Gasteiger partial charge in [0.05, 0.1) is 0 Å². The van der Waals surface area contributed by atoms with Crippen molar-refractivity contribution >= 4 is 40.0 Å². The highest BCUT2D eigenvalue weighted by atomic mass is 16.1. The fourth-order valence-corrected chi connectivity index (χ4v) is 4.47. The molecule has 1 amide bonds. The minimum Gasteiger partial charge on any atom is -0.359 e. The van der Waals surface area contributed by atoms with Crippen LogP contribution in [0.1, 0.15) is 35.3 Å².